The van der Waals surface area contributed by atoms with Crippen LogP contribution in [0.2, 0.25) is 0 Å². The van der Waals surface area contributed by atoms with Gasteiger partial charge in [-0.15, -0.1) is 0 Å². The topological polar surface area (TPSA) is 60.0 Å². The molecule has 1 aliphatic rings. The average molecular weight is 370 g/mol. The van der Waals surface area contributed by atoms with Crippen molar-refractivity contribution in [1.82, 2.24) is 0 Å². The molecule has 1 saturated heterocycles. The lowest BCUT2D eigenvalue weighted by Gasteiger charge is -2.29. The fourth-order valence-corrected chi connectivity index (χ4v) is 3.07. The first-order chi connectivity index (χ1) is 13.2. The molecule has 3 rings (SSSR count). The summed E-state index contributed by atoms with van der Waals surface area (Å²) < 4.78 is 16.0. The van der Waals surface area contributed by atoms with Gasteiger partial charge in [0.15, 0.2) is 0 Å². The van der Waals surface area contributed by atoms with Crippen LogP contribution < -0.4 is 19.7 Å². The molecule has 6 nitrogen and oxygen atoms in total. The molecule has 0 saturated carbocycles. The molecule has 0 aromatic heterocycles. The number of amides is 1. The average Bonchev–Trinajstić information content (AvgIpc) is 2.73. The second-order valence-corrected chi connectivity index (χ2v) is 6.38. The monoisotopic (exact) mass is 370 g/mol. The highest BCUT2D eigenvalue weighted by molar-refractivity contribution is 5.93. The van der Waals surface area contributed by atoms with Gasteiger partial charge in [0.25, 0.3) is 0 Å². The summed E-state index contributed by atoms with van der Waals surface area (Å²) in [5.41, 5.74) is 2.85. The van der Waals surface area contributed by atoms with Crippen LogP contribution in [-0.2, 0) is 16.0 Å². The molecule has 2 aromatic rings. The molecule has 1 amide bonds. The summed E-state index contributed by atoms with van der Waals surface area (Å²) in [7, 11) is 3.25. The molecule has 0 unspecified atom stereocenters. The van der Waals surface area contributed by atoms with Gasteiger partial charge in [0.05, 0.1) is 33.1 Å². The van der Waals surface area contributed by atoms with E-state index in [1.165, 1.54) is 0 Å². The maximum Gasteiger partial charge on any atom is 0.224 e. The van der Waals surface area contributed by atoms with Crippen LogP contribution in [-0.4, -0.2) is 46.4 Å². The van der Waals surface area contributed by atoms with Crippen LogP contribution >= 0.6 is 0 Å². The Balaban J connectivity index is 1.62. The number of ether oxygens (including phenoxy) is 3. The van der Waals surface area contributed by atoms with Crippen LogP contribution in [0, 0.1) is 0 Å². The Morgan fingerprint density at radius 1 is 1.07 bits per heavy atom. The van der Waals surface area contributed by atoms with Gasteiger partial charge in [0.2, 0.25) is 5.91 Å². The molecular formula is C21H26N2O4. The Hall–Kier alpha value is -2.73. The Morgan fingerprint density at radius 3 is 2.48 bits per heavy atom. The predicted molar refractivity (Wildman–Crippen MR) is 106 cm³/mol. The molecular weight excluding hydrogens is 344 g/mol. The fourth-order valence-electron chi connectivity index (χ4n) is 3.07. The molecule has 0 aliphatic carbocycles. The number of hydrogen-bond donors (Lipinski definition) is 1. The Bertz CT molecular complexity index is 755. The van der Waals surface area contributed by atoms with Crippen molar-refractivity contribution in [2.45, 2.75) is 12.8 Å². The zero-order valence-electron chi connectivity index (χ0n) is 15.9. The normalized spacial score (nSPS) is 13.9. The van der Waals surface area contributed by atoms with Crippen LogP contribution in [0.25, 0.3) is 0 Å². The minimum Gasteiger partial charge on any atom is -0.497 e. The van der Waals surface area contributed by atoms with Gasteiger partial charge in [-0.2, -0.15) is 0 Å². The Labute approximate surface area is 160 Å². The zero-order valence-corrected chi connectivity index (χ0v) is 15.9. The van der Waals surface area contributed by atoms with Gasteiger partial charge in [-0.1, -0.05) is 12.1 Å². The number of rotatable bonds is 7. The minimum absolute atomic E-state index is 0.0387. The number of carbonyl (C=O) groups excluding carboxylic acids is 1. The number of aryl methyl sites for hydroxylation is 1. The van der Waals surface area contributed by atoms with E-state index in [4.69, 9.17) is 14.2 Å². The van der Waals surface area contributed by atoms with Gasteiger partial charge >= 0.3 is 0 Å². The van der Waals surface area contributed by atoms with Crippen LogP contribution in [0.15, 0.2) is 42.5 Å². The van der Waals surface area contributed by atoms with Crippen molar-refractivity contribution >= 4 is 17.3 Å². The smallest absolute Gasteiger partial charge is 0.224 e. The van der Waals surface area contributed by atoms with E-state index in [1.54, 1.807) is 14.2 Å². The summed E-state index contributed by atoms with van der Waals surface area (Å²) >= 11 is 0. The number of nitrogens with zero attached hydrogens (tertiary/aromatic N) is 1. The van der Waals surface area contributed by atoms with E-state index in [-0.39, 0.29) is 5.91 Å². The maximum atomic E-state index is 12.4. The third kappa shape index (κ3) is 5.14. The fraction of sp³-hybridized carbons (Fsp3) is 0.381. The highest BCUT2D eigenvalue weighted by Crippen LogP contribution is 2.30. The number of morpholine rings is 1. The molecule has 0 radical (unpaired) electrons. The molecule has 0 atom stereocenters. The molecule has 1 heterocycles. The number of carbonyl (C=O) groups is 1. The minimum atomic E-state index is -0.0387. The summed E-state index contributed by atoms with van der Waals surface area (Å²) in [5.74, 6) is 1.43. The first kappa shape index (κ1) is 19.0. The first-order valence-electron chi connectivity index (χ1n) is 9.13. The lowest BCUT2D eigenvalue weighted by molar-refractivity contribution is -0.116. The SMILES string of the molecule is COc1ccc(CCC(=O)Nc2cc(N3CCOCC3)ccc2OC)cc1. The zero-order chi connectivity index (χ0) is 19.1. The molecule has 0 spiro atoms. The summed E-state index contributed by atoms with van der Waals surface area (Å²) in [6, 6.07) is 13.6. The molecule has 1 fully saturated rings. The van der Waals surface area contributed by atoms with E-state index >= 15 is 0 Å². The second kappa shape index (κ2) is 9.28. The number of benzene rings is 2. The Kier molecular flexibility index (Phi) is 6.54. The molecule has 2 aromatic carbocycles. The van der Waals surface area contributed by atoms with E-state index in [0.29, 0.717) is 24.3 Å². The first-order valence-corrected chi connectivity index (χ1v) is 9.13. The van der Waals surface area contributed by atoms with Gasteiger partial charge < -0.3 is 24.4 Å². The van der Waals surface area contributed by atoms with Crippen LogP contribution in [0.3, 0.4) is 0 Å². The highest BCUT2D eigenvalue weighted by Gasteiger charge is 2.15. The summed E-state index contributed by atoms with van der Waals surface area (Å²) in [4.78, 5) is 14.7. The number of methoxy groups -OCH3 is 2. The van der Waals surface area contributed by atoms with Gasteiger partial charge in [-0.05, 0) is 42.3 Å². The number of hydrogen-bond acceptors (Lipinski definition) is 5. The molecule has 6 heteroatoms. The largest absolute Gasteiger partial charge is 0.497 e. The van der Waals surface area contributed by atoms with E-state index in [9.17, 15) is 4.79 Å². The van der Waals surface area contributed by atoms with Crippen molar-refractivity contribution in [3.05, 3.63) is 48.0 Å². The summed E-state index contributed by atoms with van der Waals surface area (Å²) in [6.45, 7) is 3.12. The third-order valence-corrected chi connectivity index (χ3v) is 4.63. The van der Waals surface area contributed by atoms with Crippen molar-refractivity contribution in [2.75, 3.05) is 50.7 Å². The van der Waals surface area contributed by atoms with E-state index in [1.807, 2.05) is 42.5 Å². The quantitative estimate of drug-likeness (QED) is 0.812. The van der Waals surface area contributed by atoms with E-state index < -0.39 is 0 Å². The van der Waals surface area contributed by atoms with Crippen molar-refractivity contribution in [1.29, 1.82) is 0 Å². The van der Waals surface area contributed by atoms with Crippen LogP contribution in [0.1, 0.15) is 12.0 Å². The Morgan fingerprint density at radius 2 is 1.81 bits per heavy atom. The van der Waals surface area contributed by atoms with Gasteiger partial charge in [0.1, 0.15) is 11.5 Å². The lowest BCUT2D eigenvalue weighted by Crippen LogP contribution is -2.36. The molecule has 0 bridgehead atoms. The summed E-state index contributed by atoms with van der Waals surface area (Å²) in [6.07, 6.45) is 1.07. The molecule has 1 N–H and O–H groups in total. The lowest BCUT2D eigenvalue weighted by atomic mass is 10.1. The highest BCUT2D eigenvalue weighted by atomic mass is 16.5. The standard InChI is InChI=1S/C21H26N2O4/c1-25-18-7-3-16(4-8-18)5-10-21(24)22-19-15-17(6-9-20(19)26-2)23-11-13-27-14-12-23/h3-4,6-9,15H,5,10-14H2,1-2H3,(H,22,24). The van der Waals surface area contributed by atoms with E-state index in [0.717, 1.165) is 43.3 Å². The third-order valence-electron chi connectivity index (χ3n) is 4.63. The van der Waals surface area contributed by atoms with Gasteiger partial charge in [0, 0.05) is 25.2 Å². The maximum absolute atomic E-state index is 12.4. The number of anilines is 2. The van der Waals surface area contributed by atoms with Crippen molar-refractivity contribution < 1.29 is 19.0 Å². The van der Waals surface area contributed by atoms with Crippen molar-refractivity contribution in [3.8, 4) is 11.5 Å². The molecule has 27 heavy (non-hydrogen) atoms. The van der Waals surface area contributed by atoms with Gasteiger partial charge in [-0.3, -0.25) is 4.79 Å². The van der Waals surface area contributed by atoms with Crippen LogP contribution in [0.4, 0.5) is 11.4 Å². The van der Waals surface area contributed by atoms with Crippen LogP contribution in [0.5, 0.6) is 11.5 Å². The predicted octanol–water partition coefficient (Wildman–Crippen LogP) is 3.11. The van der Waals surface area contributed by atoms with Crippen molar-refractivity contribution in [3.63, 3.8) is 0 Å². The molecule has 1 aliphatic heterocycles. The molecule has 144 valence electrons. The van der Waals surface area contributed by atoms with E-state index in [2.05, 4.69) is 10.2 Å². The van der Waals surface area contributed by atoms with Crippen molar-refractivity contribution in [2.24, 2.45) is 0 Å². The van der Waals surface area contributed by atoms with Gasteiger partial charge in [-0.25, -0.2) is 0 Å². The summed E-state index contributed by atoms with van der Waals surface area (Å²) in [5, 5.41) is 2.99. The second-order valence-electron chi connectivity index (χ2n) is 6.38. The number of nitrogens with one attached hydrogen (secondary N) is 1.